The first-order chi connectivity index (χ1) is 10.5. The Balaban J connectivity index is 1.76. The third-order valence-electron chi connectivity index (χ3n) is 3.38. The first-order valence-electron chi connectivity index (χ1n) is 7.29. The van der Waals surface area contributed by atoms with Gasteiger partial charge in [-0.25, -0.2) is 4.79 Å². The average Bonchev–Trinajstić information content (AvgIpc) is 2.52. The van der Waals surface area contributed by atoms with Crippen LogP contribution in [0.2, 0.25) is 0 Å². The van der Waals surface area contributed by atoms with Gasteiger partial charge < -0.3 is 10.4 Å². The van der Waals surface area contributed by atoms with Crippen LogP contribution in [-0.2, 0) is 6.54 Å². The van der Waals surface area contributed by atoms with Crippen molar-refractivity contribution < 1.29 is 9.90 Å². The van der Waals surface area contributed by atoms with Gasteiger partial charge in [-0.05, 0) is 43.7 Å². The highest BCUT2D eigenvalue weighted by molar-refractivity contribution is 7.99. The molecule has 0 aliphatic carbocycles. The van der Waals surface area contributed by atoms with Crippen LogP contribution >= 0.6 is 11.8 Å². The van der Waals surface area contributed by atoms with E-state index in [0.29, 0.717) is 11.6 Å². The first-order valence-corrected chi connectivity index (χ1v) is 8.28. The van der Waals surface area contributed by atoms with Gasteiger partial charge in [0, 0.05) is 23.2 Å². The fraction of sp³-hybridized carbons (Fsp3) is 0.278. The molecule has 1 atom stereocenters. The molecule has 0 radical (unpaired) electrons. The second-order valence-electron chi connectivity index (χ2n) is 5.41. The van der Waals surface area contributed by atoms with Crippen LogP contribution < -0.4 is 5.32 Å². The Morgan fingerprint density at radius 1 is 1.14 bits per heavy atom. The van der Waals surface area contributed by atoms with Crippen molar-refractivity contribution in [1.29, 1.82) is 0 Å². The molecule has 0 aliphatic heterocycles. The largest absolute Gasteiger partial charge is 0.478 e. The van der Waals surface area contributed by atoms with Gasteiger partial charge in [-0.2, -0.15) is 0 Å². The van der Waals surface area contributed by atoms with Crippen molar-refractivity contribution in [2.24, 2.45) is 0 Å². The van der Waals surface area contributed by atoms with Crippen LogP contribution in [0.5, 0.6) is 0 Å². The number of carboxylic acid groups (broad SMARTS) is 1. The van der Waals surface area contributed by atoms with Gasteiger partial charge in [-0.3, -0.25) is 0 Å². The molecule has 1 unspecified atom stereocenters. The molecule has 116 valence electrons. The van der Waals surface area contributed by atoms with E-state index in [1.165, 1.54) is 10.5 Å². The number of rotatable bonds is 7. The minimum Gasteiger partial charge on any atom is -0.478 e. The fourth-order valence-corrected chi connectivity index (χ4v) is 2.86. The maximum atomic E-state index is 10.8. The molecule has 0 amide bonds. The lowest BCUT2D eigenvalue weighted by molar-refractivity contribution is 0.0697. The van der Waals surface area contributed by atoms with Crippen LogP contribution in [0.3, 0.4) is 0 Å². The zero-order chi connectivity index (χ0) is 15.9. The van der Waals surface area contributed by atoms with E-state index in [1.54, 1.807) is 12.1 Å². The molecular formula is C18H21NO2S. The fourth-order valence-electron chi connectivity index (χ4n) is 1.97. The molecule has 0 saturated carbocycles. The Bertz CT molecular complexity index is 608. The number of nitrogens with one attached hydrogen (secondary N) is 1. The molecule has 0 aromatic heterocycles. The molecule has 22 heavy (non-hydrogen) atoms. The van der Waals surface area contributed by atoms with Gasteiger partial charge in [0.25, 0.3) is 0 Å². The monoisotopic (exact) mass is 315 g/mol. The molecule has 0 fully saturated rings. The van der Waals surface area contributed by atoms with Crippen molar-refractivity contribution >= 4 is 17.7 Å². The Labute approximate surface area is 135 Å². The smallest absolute Gasteiger partial charge is 0.335 e. The maximum Gasteiger partial charge on any atom is 0.335 e. The van der Waals surface area contributed by atoms with Crippen molar-refractivity contribution in [3.05, 3.63) is 65.2 Å². The molecule has 2 aromatic rings. The molecular weight excluding hydrogens is 294 g/mol. The molecule has 0 spiro atoms. The molecule has 0 bridgehead atoms. The number of thioether (sulfide) groups is 1. The van der Waals surface area contributed by atoms with Crippen LogP contribution in [0.4, 0.5) is 0 Å². The highest BCUT2D eigenvalue weighted by Crippen LogP contribution is 2.19. The summed E-state index contributed by atoms with van der Waals surface area (Å²) in [7, 11) is 0. The van der Waals surface area contributed by atoms with Gasteiger partial charge in [0.15, 0.2) is 0 Å². The lowest BCUT2D eigenvalue weighted by atomic mass is 10.1. The van der Waals surface area contributed by atoms with Crippen molar-refractivity contribution in [2.75, 3.05) is 5.75 Å². The van der Waals surface area contributed by atoms with Crippen molar-refractivity contribution in [2.45, 2.75) is 31.3 Å². The van der Waals surface area contributed by atoms with E-state index in [2.05, 4.69) is 43.4 Å². The van der Waals surface area contributed by atoms with E-state index >= 15 is 0 Å². The molecule has 2 aromatic carbocycles. The van der Waals surface area contributed by atoms with Gasteiger partial charge in [-0.15, -0.1) is 11.8 Å². The Kier molecular flexibility index (Phi) is 6.04. The first kappa shape index (κ1) is 16.6. The number of benzene rings is 2. The highest BCUT2D eigenvalue weighted by Gasteiger charge is 2.05. The van der Waals surface area contributed by atoms with Gasteiger partial charge >= 0.3 is 5.97 Å². The summed E-state index contributed by atoms with van der Waals surface area (Å²) in [5, 5.41) is 12.3. The van der Waals surface area contributed by atoms with Crippen LogP contribution in [0.1, 0.15) is 28.4 Å². The third-order valence-corrected chi connectivity index (χ3v) is 4.65. The summed E-state index contributed by atoms with van der Waals surface area (Å²) in [6.45, 7) is 5.00. The van der Waals surface area contributed by atoms with E-state index in [1.807, 2.05) is 23.9 Å². The molecule has 4 heteroatoms. The number of carboxylic acids is 1. The predicted octanol–water partition coefficient (Wildman–Crippen LogP) is 3.96. The SMILES string of the molecule is Cc1ccc(SCC(C)NCc2ccc(C(=O)O)cc2)cc1. The lowest BCUT2D eigenvalue weighted by Crippen LogP contribution is -2.27. The second kappa shape index (κ2) is 8.01. The Hall–Kier alpha value is -1.78. The molecule has 0 heterocycles. The summed E-state index contributed by atoms with van der Waals surface area (Å²) in [6, 6.07) is 15.9. The van der Waals surface area contributed by atoms with E-state index in [-0.39, 0.29) is 0 Å². The number of aryl methyl sites for hydroxylation is 1. The highest BCUT2D eigenvalue weighted by atomic mass is 32.2. The van der Waals surface area contributed by atoms with E-state index in [4.69, 9.17) is 5.11 Å². The zero-order valence-corrected chi connectivity index (χ0v) is 13.7. The van der Waals surface area contributed by atoms with Crippen molar-refractivity contribution in [3.63, 3.8) is 0 Å². The Morgan fingerprint density at radius 3 is 2.36 bits per heavy atom. The van der Waals surface area contributed by atoms with Crippen LogP contribution in [0.25, 0.3) is 0 Å². The third kappa shape index (κ3) is 5.20. The van der Waals surface area contributed by atoms with E-state index in [9.17, 15) is 4.79 Å². The van der Waals surface area contributed by atoms with Crippen LogP contribution in [-0.4, -0.2) is 22.9 Å². The van der Waals surface area contributed by atoms with Gasteiger partial charge in [0.05, 0.1) is 5.56 Å². The maximum absolute atomic E-state index is 10.8. The van der Waals surface area contributed by atoms with E-state index < -0.39 is 5.97 Å². The van der Waals surface area contributed by atoms with Gasteiger partial charge in [-0.1, -0.05) is 29.8 Å². The minimum absolute atomic E-state index is 0.326. The summed E-state index contributed by atoms with van der Waals surface area (Å²) in [5.74, 6) is 0.110. The normalized spacial score (nSPS) is 12.1. The summed E-state index contributed by atoms with van der Waals surface area (Å²) in [6.07, 6.45) is 0. The van der Waals surface area contributed by atoms with Gasteiger partial charge in [0.1, 0.15) is 0 Å². The number of hydrogen-bond donors (Lipinski definition) is 2. The number of carbonyl (C=O) groups is 1. The van der Waals surface area contributed by atoms with Crippen LogP contribution in [0.15, 0.2) is 53.4 Å². The number of hydrogen-bond acceptors (Lipinski definition) is 3. The van der Waals surface area contributed by atoms with E-state index in [0.717, 1.165) is 17.9 Å². The summed E-state index contributed by atoms with van der Waals surface area (Å²) in [5.41, 5.74) is 2.70. The summed E-state index contributed by atoms with van der Waals surface area (Å²) >= 11 is 1.84. The quantitative estimate of drug-likeness (QED) is 0.759. The lowest BCUT2D eigenvalue weighted by Gasteiger charge is -2.13. The van der Waals surface area contributed by atoms with Crippen molar-refractivity contribution in [3.8, 4) is 0 Å². The Morgan fingerprint density at radius 2 is 1.77 bits per heavy atom. The molecule has 2 rings (SSSR count). The van der Waals surface area contributed by atoms with Crippen molar-refractivity contribution in [1.82, 2.24) is 5.32 Å². The molecule has 3 nitrogen and oxygen atoms in total. The van der Waals surface area contributed by atoms with Gasteiger partial charge in [0.2, 0.25) is 0 Å². The zero-order valence-electron chi connectivity index (χ0n) is 12.9. The summed E-state index contributed by atoms with van der Waals surface area (Å²) < 4.78 is 0. The molecule has 0 aliphatic rings. The van der Waals surface area contributed by atoms with Crippen LogP contribution in [0, 0.1) is 6.92 Å². The summed E-state index contributed by atoms with van der Waals surface area (Å²) in [4.78, 5) is 12.1. The minimum atomic E-state index is -0.887. The standard InChI is InChI=1S/C18H21NO2S/c1-13-3-9-17(10-4-13)22-12-14(2)19-11-15-5-7-16(8-6-15)18(20)21/h3-10,14,19H,11-12H2,1-2H3,(H,20,21). The predicted molar refractivity (Wildman–Crippen MR) is 91.6 cm³/mol. The number of aromatic carboxylic acids is 1. The topological polar surface area (TPSA) is 49.3 Å². The average molecular weight is 315 g/mol. The molecule has 2 N–H and O–H groups in total. The molecule has 0 saturated heterocycles. The second-order valence-corrected chi connectivity index (χ2v) is 6.50.